The van der Waals surface area contributed by atoms with Crippen LogP contribution in [-0.4, -0.2) is 133 Å². The van der Waals surface area contributed by atoms with Crippen molar-refractivity contribution < 1.29 is 41.9 Å². The first-order valence-corrected chi connectivity index (χ1v) is 9.75. The maximum absolute atomic E-state index is 5.83. The number of nitrogens with zero attached hydrogens (tertiary/aromatic N) is 3. The topological polar surface area (TPSA) is 55.4 Å². The Bertz CT molecular complexity index is 495. The molecule has 0 aromatic heterocycles. The van der Waals surface area contributed by atoms with E-state index in [2.05, 4.69) is 0 Å². The number of methoxy groups -OCH3 is 6. The highest BCUT2D eigenvalue weighted by molar-refractivity contribution is 4.84. The highest BCUT2D eigenvalue weighted by Gasteiger charge is 2.82. The molecule has 0 aliphatic carbocycles. The molecule has 0 N–H and O–H groups in total. The highest BCUT2D eigenvalue weighted by Crippen LogP contribution is 2.52. The monoisotopic (exact) mass is 390 g/mol. The molecule has 156 valence electrons. The normalized spacial score (nSPS) is 43.3. The SMILES string of the molecule is COC1(OC)C[N+]12CC[N+]1(CC[N+]3(CC2)CC3(OC)OC)CC1(OC)OC. The molecule has 4 fully saturated rings. The van der Waals surface area contributed by atoms with Crippen molar-refractivity contribution in [3.8, 4) is 0 Å². The molecule has 4 rings (SSSR count). The molecular weight excluding hydrogens is 354 g/mol. The first-order valence-electron chi connectivity index (χ1n) is 9.75. The molecule has 0 radical (unpaired) electrons. The van der Waals surface area contributed by atoms with Gasteiger partial charge < -0.3 is 28.4 Å². The van der Waals surface area contributed by atoms with Crippen LogP contribution in [0, 0.1) is 0 Å². The van der Waals surface area contributed by atoms with E-state index in [1.54, 1.807) is 42.7 Å². The lowest BCUT2D eigenvalue weighted by molar-refractivity contribution is -0.918. The Morgan fingerprint density at radius 3 is 0.704 bits per heavy atom. The largest absolute Gasteiger partial charge is 0.371 e. The molecule has 0 unspecified atom stereocenters. The third-order valence-electron chi connectivity index (χ3n) is 8.15. The van der Waals surface area contributed by atoms with Crippen molar-refractivity contribution in [2.24, 2.45) is 0 Å². The Morgan fingerprint density at radius 1 is 0.407 bits per heavy atom. The van der Waals surface area contributed by atoms with Gasteiger partial charge in [-0.15, -0.1) is 0 Å². The van der Waals surface area contributed by atoms with Crippen LogP contribution in [0.15, 0.2) is 0 Å². The van der Waals surface area contributed by atoms with Crippen LogP contribution >= 0.6 is 0 Å². The second-order valence-electron chi connectivity index (χ2n) is 8.61. The summed E-state index contributed by atoms with van der Waals surface area (Å²) in [5.74, 6) is -1.60. The third kappa shape index (κ3) is 2.38. The van der Waals surface area contributed by atoms with E-state index in [1.807, 2.05) is 0 Å². The van der Waals surface area contributed by atoms with E-state index in [4.69, 9.17) is 28.4 Å². The lowest BCUT2D eigenvalue weighted by Crippen LogP contribution is -2.48. The van der Waals surface area contributed by atoms with Crippen LogP contribution in [-0.2, 0) is 28.4 Å². The quantitative estimate of drug-likeness (QED) is 0.341. The smallest absolute Gasteiger partial charge is 0.302 e. The molecule has 0 saturated carbocycles. The zero-order valence-electron chi connectivity index (χ0n) is 17.7. The molecule has 4 aliphatic rings. The van der Waals surface area contributed by atoms with Gasteiger partial charge in [0.15, 0.2) is 19.6 Å². The van der Waals surface area contributed by atoms with Crippen LogP contribution < -0.4 is 0 Å². The van der Waals surface area contributed by atoms with Crippen LogP contribution in [0.4, 0.5) is 0 Å². The van der Waals surface area contributed by atoms with E-state index in [0.717, 1.165) is 72.4 Å². The van der Waals surface area contributed by atoms with Gasteiger partial charge in [0.1, 0.15) is 39.3 Å². The molecule has 0 aromatic carbocycles. The minimum Gasteiger partial charge on any atom is -0.302 e. The van der Waals surface area contributed by atoms with Crippen molar-refractivity contribution in [1.82, 2.24) is 0 Å². The van der Waals surface area contributed by atoms with Gasteiger partial charge in [0.2, 0.25) is 0 Å². The number of quaternary nitrogens is 3. The van der Waals surface area contributed by atoms with Crippen LogP contribution in [0.1, 0.15) is 0 Å². The van der Waals surface area contributed by atoms with Gasteiger partial charge in [-0.1, -0.05) is 0 Å². The van der Waals surface area contributed by atoms with Gasteiger partial charge in [0, 0.05) is 42.7 Å². The Kier molecular flexibility index (Phi) is 4.48. The van der Waals surface area contributed by atoms with Gasteiger partial charge in [0.25, 0.3) is 0 Å². The van der Waals surface area contributed by atoms with E-state index in [9.17, 15) is 0 Å². The van der Waals surface area contributed by atoms with Gasteiger partial charge >= 0.3 is 17.7 Å². The second kappa shape index (κ2) is 6.07. The maximum atomic E-state index is 5.83. The molecule has 0 amide bonds. The van der Waals surface area contributed by atoms with Crippen LogP contribution in [0.2, 0.25) is 0 Å². The maximum Gasteiger partial charge on any atom is 0.371 e. The molecule has 27 heavy (non-hydrogen) atoms. The van der Waals surface area contributed by atoms with Crippen molar-refractivity contribution >= 4 is 0 Å². The van der Waals surface area contributed by atoms with Gasteiger partial charge in [-0.2, -0.15) is 0 Å². The predicted octanol–water partition coefficient (Wildman–Crippen LogP) is -0.669. The Morgan fingerprint density at radius 2 is 0.593 bits per heavy atom. The number of hydrogen-bond donors (Lipinski definition) is 0. The van der Waals surface area contributed by atoms with Crippen molar-refractivity contribution in [2.45, 2.75) is 17.7 Å². The zero-order valence-corrected chi connectivity index (χ0v) is 17.7. The Hall–Kier alpha value is -0.360. The van der Waals surface area contributed by atoms with Crippen LogP contribution in [0.3, 0.4) is 0 Å². The summed E-state index contributed by atoms with van der Waals surface area (Å²) in [6, 6.07) is 0. The molecule has 0 atom stereocenters. The van der Waals surface area contributed by atoms with Crippen molar-refractivity contribution in [2.75, 3.05) is 102 Å². The van der Waals surface area contributed by atoms with E-state index < -0.39 is 17.7 Å². The average Bonchev–Trinajstić information content (AvgIpc) is 3.63. The molecule has 3 spiro atoms. The molecule has 0 bridgehead atoms. The van der Waals surface area contributed by atoms with Crippen molar-refractivity contribution in [3.63, 3.8) is 0 Å². The van der Waals surface area contributed by atoms with Crippen LogP contribution in [0.5, 0.6) is 0 Å². The fourth-order valence-corrected chi connectivity index (χ4v) is 5.82. The van der Waals surface area contributed by atoms with E-state index in [0.29, 0.717) is 0 Å². The summed E-state index contributed by atoms with van der Waals surface area (Å²) in [5, 5.41) is 0. The minimum atomic E-state index is -0.532. The molecule has 4 saturated heterocycles. The summed E-state index contributed by atoms with van der Waals surface area (Å²) in [5.41, 5.74) is 0. The van der Waals surface area contributed by atoms with Gasteiger partial charge in [-0.3, -0.25) is 0 Å². The summed E-state index contributed by atoms with van der Waals surface area (Å²) < 4.78 is 37.4. The number of ether oxygens (including phenoxy) is 6. The van der Waals surface area contributed by atoms with E-state index in [-0.39, 0.29) is 0 Å². The minimum absolute atomic E-state index is 0.532. The fourth-order valence-electron chi connectivity index (χ4n) is 5.82. The molecule has 9 nitrogen and oxygen atoms in total. The van der Waals surface area contributed by atoms with Gasteiger partial charge in [0.05, 0.1) is 0 Å². The Labute approximate surface area is 162 Å². The molecule has 9 heteroatoms. The summed E-state index contributed by atoms with van der Waals surface area (Å²) in [7, 11) is 10.5. The van der Waals surface area contributed by atoms with E-state index >= 15 is 0 Å². The standard InChI is InChI=1S/C18H36N3O6/c1-22-16(23-2)13-19(16)7-9-20(14-17(20,24-3)25-4)11-12-21(10-8-19)15-18(21,26-5)27-6/h7-15H2,1-6H3/q+3. The third-order valence-corrected chi connectivity index (χ3v) is 8.15. The first kappa shape index (κ1) is 19.9. The van der Waals surface area contributed by atoms with Gasteiger partial charge in [-0.25, -0.2) is 13.4 Å². The first-order chi connectivity index (χ1) is 12.9. The van der Waals surface area contributed by atoms with Crippen LogP contribution in [0.25, 0.3) is 0 Å². The summed E-state index contributed by atoms with van der Waals surface area (Å²) in [6.45, 7) is 8.48. The van der Waals surface area contributed by atoms with Gasteiger partial charge in [-0.05, 0) is 0 Å². The lowest BCUT2D eigenvalue weighted by Gasteiger charge is -2.26. The molecule has 4 heterocycles. The number of hydrogen-bond acceptors (Lipinski definition) is 6. The average molecular weight is 391 g/mol. The Balaban J connectivity index is 1.64. The lowest BCUT2D eigenvalue weighted by atomic mass is 10.4. The predicted molar refractivity (Wildman–Crippen MR) is 94.8 cm³/mol. The zero-order chi connectivity index (χ0) is 19.6. The fraction of sp³-hybridized carbons (Fsp3) is 1.00. The van der Waals surface area contributed by atoms with Crippen molar-refractivity contribution in [1.29, 1.82) is 0 Å². The van der Waals surface area contributed by atoms with E-state index in [1.165, 1.54) is 0 Å². The second-order valence-corrected chi connectivity index (χ2v) is 8.61. The number of rotatable bonds is 6. The summed E-state index contributed by atoms with van der Waals surface area (Å²) in [4.78, 5) is 0. The highest BCUT2D eigenvalue weighted by atomic mass is 16.8. The molecule has 0 aromatic rings. The summed E-state index contributed by atoms with van der Waals surface area (Å²) >= 11 is 0. The summed E-state index contributed by atoms with van der Waals surface area (Å²) in [6.07, 6.45) is 0. The van der Waals surface area contributed by atoms with Crippen molar-refractivity contribution in [3.05, 3.63) is 0 Å². The molecule has 4 aliphatic heterocycles. The molecular formula is C18H36N3O6+3.